The number of hydrogen-bond acceptors (Lipinski definition) is 1. The molecule has 78 valence electrons. The number of benzene rings is 1. The van der Waals surface area contributed by atoms with Crippen molar-refractivity contribution in [3.05, 3.63) is 42.0 Å². The van der Waals surface area contributed by atoms with Crippen LogP contribution < -0.4 is 4.74 Å². The lowest BCUT2D eigenvalue weighted by atomic mass is 10.1. The predicted octanol–water partition coefficient (Wildman–Crippen LogP) is 3.84. The zero-order valence-corrected chi connectivity index (χ0v) is 9.63. The SMILES string of the molecule is C=C(C)Cc1cccc(OC)c1.CC. The summed E-state index contributed by atoms with van der Waals surface area (Å²) in [4.78, 5) is 0. The van der Waals surface area contributed by atoms with Gasteiger partial charge in [0.25, 0.3) is 0 Å². The third-order valence-electron chi connectivity index (χ3n) is 1.64. The molecule has 0 saturated heterocycles. The second kappa shape index (κ2) is 7.19. The van der Waals surface area contributed by atoms with Crippen LogP contribution in [0.2, 0.25) is 0 Å². The largest absolute Gasteiger partial charge is 0.497 e. The van der Waals surface area contributed by atoms with Crippen molar-refractivity contribution < 1.29 is 4.74 Å². The van der Waals surface area contributed by atoms with Crippen LogP contribution in [0.25, 0.3) is 0 Å². The van der Waals surface area contributed by atoms with Crippen LogP contribution in [0.4, 0.5) is 0 Å². The van der Waals surface area contributed by atoms with Gasteiger partial charge in [-0.25, -0.2) is 0 Å². The molecule has 0 aliphatic heterocycles. The fourth-order valence-electron chi connectivity index (χ4n) is 1.13. The molecule has 0 aliphatic carbocycles. The molecule has 0 spiro atoms. The van der Waals surface area contributed by atoms with Crippen molar-refractivity contribution in [3.63, 3.8) is 0 Å². The maximum atomic E-state index is 5.11. The molecule has 0 unspecified atom stereocenters. The Labute approximate surface area is 87.4 Å². The molecule has 0 atom stereocenters. The van der Waals surface area contributed by atoms with Crippen molar-refractivity contribution in [2.75, 3.05) is 7.11 Å². The van der Waals surface area contributed by atoms with Crippen LogP contribution in [0.5, 0.6) is 5.75 Å². The summed E-state index contributed by atoms with van der Waals surface area (Å²) in [6.45, 7) is 9.89. The van der Waals surface area contributed by atoms with E-state index in [9.17, 15) is 0 Å². The zero-order valence-electron chi connectivity index (χ0n) is 9.63. The predicted molar refractivity (Wildman–Crippen MR) is 62.9 cm³/mol. The van der Waals surface area contributed by atoms with Crippen LogP contribution in [0.3, 0.4) is 0 Å². The molecule has 0 heterocycles. The molecule has 0 bridgehead atoms. The second-order valence-corrected chi connectivity index (χ2v) is 2.99. The molecule has 0 fully saturated rings. The molecule has 0 N–H and O–H groups in total. The van der Waals surface area contributed by atoms with Gasteiger partial charge >= 0.3 is 0 Å². The molecule has 0 saturated carbocycles. The van der Waals surface area contributed by atoms with Crippen molar-refractivity contribution in [2.24, 2.45) is 0 Å². The minimum Gasteiger partial charge on any atom is -0.497 e. The number of hydrogen-bond donors (Lipinski definition) is 0. The summed E-state index contributed by atoms with van der Waals surface area (Å²) >= 11 is 0. The fraction of sp³-hybridized carbons (Fsp3) is 0.385. The third-order valence-corrected chi connectivity index (χ3v) is 1.64. The van der Waals surface area contributed by atoms with Crippen molar-refractivity contribution in [1.82, 2.24) is 0 Å². The number of ether oxygens (including phenoxy) is 1. The van der Waals surface area contributed by atoms with E-state index in [0.717, 1.165) is 12.2 Å². The first-order valence-electron chi connectivity index (χ1n) is 4.99. The van der Waals surface area contributed by atoms with Gasteiger partial charge in [-0.3, -0.25) is 0 Å². The summed E-state index contributed by atoms with van der Waals surface area (Å²) in [5.41, 5.74) is 2.42. The molecule has 14 heavy (non-hydrogen) atoms. The van der Waals surface area contributed by atoms with Crippen molar-refractivity contribution in [3.8, 4) is 5.75 Å². The van der Waals surface area contributed by atoms with Crippen LogP contribution in [0.1, 0.15) is 26.3 Å². The molecule has 0 aliphatic rings. The monoisotopic (exact) mass is 192 g/mol. The standard InChI is InChI=1S/C11H14O.C2H6/c1-9(2)7-10-5-4-6-11(8-10)12-3;1-2/h4-6,8H,1,7H2,2-3H3;1-2H3. The summed E-state index contributed by atoms with van der Waals surface area (Å²) < 4.78 is 5.11. The highest BCUT2D eigenvalue weighted by Crippen LogP contribution is 2.14. The molecule has 0 aromatic heterocycles. The summed E-state index contributed by atoms with van der Waals surface area (Å²) in [6, 6.07) is 8.06. The van der Waals surface area contributed by atoms with Crippen LogP contribution in [0.15, 0.2) is 36.4 Å². The maximum absolute atomic E-state index is 5.11. The summed E-state index contributed by atoms with van der Waals surface area (Å²) in [5, 5.41) is 0. The molecule has 1 aromatic rings. The van der Waals surface area contributed by atoms with Gasteiger partial charge in [0.05, 0.1) is 7.11 Å². The first kappa shape index (κ1) is 12.8. The quantitative estimate of drug-likeness (QED) is 0.661. The van der Waals surface area contributed by atoms with E-state index < -0.39 is 0 Å². The lowest BCUT2D eigenvalue weighted by Crippen LogP contribution is -1.87. The van der Waals surface area contributed by atoms with E-state index >= 15 is 0 Å². The lowest BCUT2D eigenvalue weighted by Gasteiger charge is -2.03. The highest BCUT2D eigenvalue weighted by molar-refractivity contribution is 5.30. The Morgan fingerprint density at radius 2 is 2.00 bits per heavy atom. The van der Waals surface area contributed by atoms with E-state index in [1.165, 1.54) is 11.1 Å². The Hall–Kier alpha value is -1.24. The molecule has 1 heteroatoms. The highest BCUT2D eigenvalue weighted by Gasteiger charge is 1.94. The Morgan fingerprint density at radius 3 is 2.50 bits per heavy atom. The van der Waals surface area contributed by atoms with Gasteiger partial charge in [-0.2, -0.15) is 0 Å². The number of allylic oxidation sites excluding steroid dienone is 1. The van der Waals surface area contributed by atoms with E-state index in [1.54, 1.807) is 7.11 Å². The molecule has 1 nitrogen and oxygen atoms in total. The van der Waals surface area contributed by atoms with Crippen molar-refractivity contribution in [1.29, 1.82) is 0 Å². The van der Waals surface area contributed by atoms with Gasteiger partial charge in [-0.15, -0.1) is 0 Å². The molecule has 0 radical (unpaired) electrons. The van der Waals surface area contributed by atoms with Gasteiger partial charge in [-0.05, 0) is 31.0 Å². The molecular formula is C13H20O. The minimum absolute atomic E-state index is 0.911. The normalized spacial score (nSPS) is 8.57. The van der Waals surface area contributed by atoms with Gasteiger partial charge in [0, 0.05) is 0 Å². The Morgan fingerprint density at radius 1 is 1.36 bits per heavy atom. The molecule has 0 amide bonds. The number of methoxy groups -OCH3 is 1. The second-order valence-electron chi connectivity index (χ2n) is 2.99. The zero-order chi connectivity index (χ0) is 11.0. The fourth-order valence-corrected chi connectivity index (χ4v) is 1.13. The van der Waals surface area contributed by atoms with E-state index in [-0.39, 0.29) is 0 Å². The third kappa shape index (κ3) is 4.70. The average Bonchev–Trinajstić information content (AvgIpc) is 2.20. The van der Waals surface area contributed by atoms with Crippen LogP contribution in [0, 0.1) is 0 Å². The molecule has 1 rings (SSSR count). The van der Waals surface area contributed by atoms with E-state index in [1.807, 2.05) is 39.0 Å². The summed E-state index contributed by atoms with van der Waals surface area (Å²) in [5.74, 6) is 0.911. The van der Waals surface area contributed by atoms with Gasteiger partial charge in [-0.1, -0.05) is 38.1 Å². The lowest BCUT2D eigenvalue weighted by molar-refractivity contribution is 0.414. The Kier molecular flexibility index (Phi) is 6.55. The first-order chi connectivity index (χ1) is 6.72. The summed E-state index contributed by atoms with van der Waals surface area (Å²) in [7, 11) is 1.68. The Bertz CT molecular complexity index is 276. The minimum atomic E-state index is 0.911. The maximum Gasteiger partial charge on any atom is 0.119 e. The number of rotatable bonds is 3. The topological polar surface area (TPSA) is 9.23 Å². The molecular weight excluding hydrogens is 172 g/mol. The van der Waals surface area contributed by atoms with Gasteiger partial charge in [0.2, 0.25) is 0 Å². The Balaban J connectivity index is 0.000000791. The first-order valence-corrected chi connectivity index (χ1v) is 4.99. The van der Waals surface area contributed by atoms with E-state index in [2.05, 4.69) is 12.6 Å². The van der Waals surface area contributed by atoms with E-state index in [4.69, 9.17) is 4.74 Å². The van der Waals surface area contributed by atoms with Crippen LogP contribution >= 0.6 is 0 Å². The average molecular weight is 192 g/mol. The van der Waals surface area contributed by atoms with Crippen molar-refractivity contribution in [2.45, 2.75) is 27.2 Å². The van der Waals surface area contributed by atoms with Crippen LogP contribution in [-0.4, -0.2) is 7.11 Å². The summed E-state index contributed by atoms with van der Waals surface area (Å²) in [6.07, 6.45) is 0.928. The highest BCUT2D eigenvalue weighted by atomic mass is 16.5. The smallest absolute Gasteiger partial charge is 0.119 e. The van der Waals surface area contributed by atoms with Crippen molar-refractivity contribution >= 4 is 0 Å². The van der Waals surface area contributed by atoms with Gasteiger partial charge in [0.15, 0.2) is 0 Å². The van der Waals surface area contributed by atoms with Crippen LogP contribution in [-0.2, 0) is 6.42 Å². The van der Waals surface area contributed by atoms with Gasteiger partial charge in [0.1, 0.15) is 5.75 Å². The van der Waals surface area contributed by atoms with Gasteiger partial charge < -0.3 is 4.74 Å². The molecule has 1 aromatic carbocycles. The van der Waals surface area contributed by atoms with E-state index in [0.29, 0.717) is 0 Å².